The van der Waals surface area contributed by atoms with Crippen LogP contribution in [0.4, 0.5) is 0 Å². The minimum atomic E-state index is -0.124. The van der Waals surface area contributed by atoms with E-state index in [-0.39, 0.29) is 11.1 Å². The van der Waals surface area contributed by atoms with E-state index < -0.39 is 0 Å². The van der Waals surface area contributed by atoms with Gasteiger partial charge in [0.2, 0.25) is 0 Å². The predicted molar refractivity (Wildman–Crippen MR) is 71.6 cm³/mol. The van der Waals surface area contributed by atoms with Crippen molar-refractivity contribution in [2.45, 2.75) is 12.8 Å². The van der Waals surface area contributed by atoms with Crippen LogP contribution in [-0.2, 0) is 0 Å². The Labute approximate surface area is 110 Å². The smallest absolute Gasteiger partial charge is 0.254 e. The maximum Gasteiger partial charge on any atom is 0.254 e. The molecule has 2 rings (SSSR count). The highest BCUT2D eigenvalue weighted by Gasteiger charge is 2.16. The highest BCUT2D eigenvalue weighted by molar-refractivity contribution is 7.99. The van der Waals surface area contributed by atoms with Crippen LogP contribution in [0.2, 0.25) is 5.15 Å². The molecule has 3 nitrogen and oxygen atoms in total. The first-order chi connectivity index (χ1) is 8.27. The molecule has 0 saturated carbocycles. The van der Waals surface area contributed by atoms with Crippen LogP contribution in [0.1, 0.15) is 23.2 Å². The second kappa shape index (κ2) is 6.26. The summed E-state index contributed by atoms with van der Waals surface area (Å²) < 4.78 is 0. The molecule has 1 aromatic rings. The molecule has 0 aromatic carbocycles. The zero-order chi connectivity index (χ0) is 12.1. The van der Waals surface area contributed by atoms with Gasteiger partial charge in [-0.3, -0.25) is 4.79 Å². The van der Waals surface area contributed by atoms with Gasteiger partial charge in [-0.25, -0.2) is 4.98 Å². The fraction of sp³-hybridized carbons (Fsp3) is 0.500. The summed E-state index contributed by atoms with van der Waals surface area (Å²) in [5.41, 5.74) is 0.458. The van der Waals surface area contributed by atoms with Gasteiger partial charge in [-0.15, -0.1) is 0 Å². The van der Waals surface area contributed by atoms with E-state index in [4.69, 9.17) is 11.6 Å². The molecule has 1 N–H and O–H groups in total. The molecule has 1 aromatic heterocycles. The fourth-order valence-electron chi connectivity index (χ4n) is 1.84. The number of hydrogen-bond donors (Lipinski definition) is 1. The number of carbonyl (C=O) groups is 1. The monoisotopic (exact) mass is 270 g/mol. The second-order valence-corrected chi connectivity index (χ2v) is 5.69. The minimum absolute atomic E-state index is 0.124. The van der Waals surface area contributed by atoms with Crippen LogP contribution < -0.4 is 5.32 Å². The van der Waals surface area contributed by atoms with Gasteiger partial charge in [0.25, 0.3) is 5.91 Å². The van der Waals surface area contributed by atoms with Gasteiger partial charge in [-0.2, -0.15) is 11.8 Å². The zero-order valence-corrected chi connectivity index (χ0v) is 11.1. The molecule has 0 aliphatic carbocycles. The van der Waals surface area contributed by atoms with Crippen LogP contribution in [0.5, 0.6) is 0 Å². The zero-order valence-electron chi connectivity index (χ0n) is 9.49. The molecule has 1 aliphatic rings. The lowest BCUT2D eigenvalue weighted by Gasteiger charge is -2.21. The van der Waals surface area contributed by atoms with Crippen LogP contribution in [0, 0.1) is 5.92 Å². The summed E-state index contributed by atoms with van der Waals surface area (Å²) in [7, 11) is 0. The minimum Gasteiger partial charge on any atom is -0.352 e. The lowest BCUT2D eigenvalue weighted by atomic mass is 10.0. The molecule has 1 aliphatic heterocycles. The van der Waals surface area contributed by atoms with Gasteiger partial charge >= 0.3 is 0 Å². The molecule has 0 radical (unpaired) electrons. The lowest BCUT2D eigenvalue weighted by Crippen LogP contribution is -2.31. The number of carbonyl (C=O) groups excluding carboxylic acids is 1. The van der Waals surface area contributed by atoms with E-state index in [0.717, 1.165) is 6.54 Å². The summed E-state index contributed by atoms with van der Waals surface area (Å²) in [5, 5.41) is 3.20. The average molecular weight is 271 g/mol. The SMILES string of the molecule is O=C(NCC1CCSCC1)c1cccnc1Cl. The number of nitrogens with zero attached hydrogens (tertiary/aromatic N) is 1. The number of rotatable bonds is 3. The highest BCUT2D eigenvalue weighted by Crippen LogP contribution is 2.22. The van der Waals surface area contributed by atoms with Crippen molar-refractivity contribution in [2.24, 2.45) is 5.92 Å². The number of pyridine rings is 1. The van der Waals surface area contributed by atoms with E-state index in [1.165, 1.54) is 24.3 Å². The summed E-state index contributed by atoms with van der Waals surface area (Å²) >= 11 is 7.85. The molecule has 5 heteroatoms. The molecular weight excluding hydrogens is 256 g/mol. The molecule has 0 atom stereocenters. The Morgan fingerprint density at radius 3 is 3.00 bits per heavy atom. The maximum atomic E-state index is 11.9. The standard InChI is InChI=1S/C12H15ClN2OS/c13-11-10(2-1-5-14-11)12(16)15-8-9-3-6-17-7-4-9/h1-2,5,9H,3-4,6-8H2,(H,15,16). The molecule has 1 saturated heterocycles. The maximum absolute atomic E-state index is 11.9. The van der Waals surface area contributed by atoms with Gasteiger partial charge in [0.05, 0.1) is 5.56 Å². The molecule has 0 unspecified atom stereocenters. The van der Waals surface area contributed by atoms with E-state index in [2.05, 4.69) is 10.3 Å². The molecule has 92 valence electrons. The van der Waals surface area contributed by atoms with Gasteiger partial charge in [0, 0.05) is 12.7 Å². The lowest BCUT2D eigenvalue weighted by molar-refractivity contribution is 0.0946. The van der Waals surface area contributed by atoms with E-state index >= 15 is 0 Å². The van der Waals surface area contributed by atoms with Crippen LogP contribution in [0.25, 0.3) is 0 Å². The van der Waals surface area contributed by atoms with Crippen molar-refractivity contribution in [1.82, 2.24) is 10.3 Å². The van der Waals surface area contributed by atoms with Gasteiger partial charge in [0.1, 0.15) is 5.15 Å². The van der Waals surface area contributed by atoms with Crippen molar-refractivity contribution in [3.63, 3.8) is 0 Å². The van der Waals surface area contributed by atoms with E-state index in [1.807, 2.05) is 11.8 Å². The highest BCUT2D eigenvalue weighted by atomic mass is 35.5. The summed E-state index contributed by atoms with van der Waals surface area (Å²) in [6.07, 6.45) is 3.95. The number of nitrogens with one attached hydrogen (secondary N) is 1. The van der Waals surface area contributed by atoms with Crippen LogP contribution >= 0.6 is 23.4 Å². The van der Waals surface area contributed by atoms with E-state index in [9.17, 15) is 4.79 Å². The normalized spacial score (nSPS) is 16.8. The van der Waals surface area contributed by atoms with Gasteiger partial charge < -0.3 is 5.32 Å². The topological polar surface area (TPSA) is 42.0 Å². The fourth-order valence-corrected chi connectivity index (χ4v) is 3.25. The Kier molecular flexibility index (Phi) is 4.68. The molecular formula is C12H15ClN2OS. The molecule has 0 spiro atoms. The summed E-state index contributed by atoms with van der Waals surface area (Å²) in [6.45, 7) is 0.741. The molecule has 17 heavy (non-hydrogen) atoms. The largest absolute Gasteiger partial charge is 0.352 e. The van der Waals surface area contributed by atoms with Crippen LogP contribution in [0.3, 0.4) is 0 Å². The third-order valence-corrected chi connectivity index (χ3v) is 4.25. The number of thioether (sulfide) groups is 1. The van der Waals surface area contributed by atoms with Gasteiger partial charge in [-0.05, 0) is 42.4 Å². The van der Waals surface area contributed by atoms with E-state index in [0.29, 0.717) is 11.5 Å². The Hall–Kier alpha value is -0.740. The summed E-state index contributed by atoms with van der Waals surface area (Å²) in [6, 6.07) is 3.42. The van der Waals surface area contributed by atoms with Crippen molar-refractivity contribution in [3.05, 3.63) is 29.0 Å². The Bertz CT molecular complexity index is 394. The first kappa shape index (κ1) is 12.7. The number of halogens is 1. The third kappa shape index (κ3) is 3.61. The summed E-state index contributed by atoms with van der Waals surface area (Å²) in [4.78, 5) is 15.8. The number of aromatic nitrogens is 1. The van der Waals surface area contributed by atoms with Gasteiger partial charge in [-0.1, -0.05) is 11.6 Å². The molecule has 1 fully saturated rings. The van der Waals surface area contributed by atoms with Crippen LogP contribution in [0.15, 0.2) is 18.3 Å². The third-order valence-electron chi connectivity index (χ3n) is 2.90. The first-order valence-electron chi connectivity index (χ1n) is 5.74. The molecule has 2 heterocycles. The number of hydrogen-bond acceptors (Lipinski definition) is 3. The van der Waals surface area contributed by atoms with Crippen molar-refractivity contribution >= 4 is 29.3 Å². The van der Waals surface area contributed by atoms with Gasteiger partial charge in [0.15, 0.2) is 0 Å². The summed E-state index contributed by atoms with van der Waals surface area (Å²) in [5.74, 6) is 2.89. The van der Waals surface area contributed by atoms with Crippen molar-refractivity contribution in [2.75, 3.05) is 18.1 Å². The van der Waals surface area contributed by atoms with E-state index in [1.54, 1.807) is 18.3 Å². The Balaban J connectivity index is 1.87. The molecule has 0 bridgehead atoms. The second-order valence-electron chi connectivity index (χ2n) is 4.11. The first-order valence-corrected chi connectivity index (χ1v) is 7.27. The number of amides is 1. The quantitative estimate of drug-likeness (QED) is 0.859. The Morgan fingerprint density at radius 1 is 1.53 bits per heavy atom. The Morgan fingerprint density at radius 2 is 2.29 bits per heavy atom. The van der Waals surface area contributed by atoms with Crippen molar-refractivity contribution < 1.29 is 4.79 Å². The average Bonchev–Trinajstić information content (AvgIpc) is 2.38. The molecule has 1 amide bonds. The van der Waals surface area contributed by atoms with Crippen LogP contribution in [-0.4, -0.2) is 28.9 Å². The van der Waals surface area contributed by atoms with Crippen molar-refractivity contribution in [3.8, 4) is 0 Å². The van der Waals surface area contributed by atoms with Crippen molar-refractivity contribution in [1.29, 1.82) is 0 Å². The predicted octanol–water partition coefficient (Wildman–Crippen LogP) is 2.61.